The monoisotopic (exact) mass is 462 g/mol. The third-order valence-corrected chi connectivity index (χ3v) is 5.17. The molecule has 1 saturated heterocycles. The highest BCUT2D eigenvalue weighted by molar-refractivity contribution is 9.10. The van der Waals surface area contributed by atoms with Crippen LogP contribution in [0.1, 0.15) is 39.7 Å². The Balaban J connectivity index is 1.39. The van der Waals surface area contributed by atoms with E-state index >= 15 is 0 Å². The standard InChI is InChI=1S/C18H23BrN8O2/c1-18(2,3)29-17(28)25-7-4-12(5-8-25)27-22-11-14(24-27)23-15-16-20-6-9-26(16)13(19)10-21-15/h6,9-12H,4-5,7-8H2,1-3H3,(H,21,23,24). The lowest BCUT2D eigenvalue weighted by Gasteiger charge is -2.32. The summed E-state index contributed by atoms with van der Waals surface area (Å²) in [6, 6.07) is 0.133. The van der Waals surface area contributed by atoms with Gasteiger partial charge in [-0.2, -0.15) is 9.90 Å². The molecule has 11 heteroatoms. The molecule has 4 rings (SSSR count). The van der Waals surface area contributed by atoms with Crippen molar-refractivity contribution in [2.75, 3.05) is 18.4 Å². The number of piperidine rings is 1. The molecule has 3 aromatic heterocycles. The zero-order chi connectivity index (χ0) is 20.6. The average molecular weight is 463 g/mol. The molecule has 0 saturated carbocycles. The van der Waals surface area contributed by atoms with Crippen LogP contribution < -0.4 is 5.32 Å². The number of carbonyl (C=O) groups is 1. The Labute approximate surface area is 176 Å². The van der Waals surface area contributed by atoms with Crippen molar-refractivity contribution in [1.29, 1.82) is 0 Å². The fourth-order valence-corrected chi connectivity index (χ4v) is 3.60. The Bertz CT molecular complexity index is 1020. The van der Waals surface area contributed by atoms with Gasteiger partial charge in [0.25, 0.3) is 0 Å². The van der Waals surface area contributed by atoms with Crippen LogP contribution in [0, 0.1) is 0 Å². The first-order chi connectivity index (χ1) is 13.8. The minimum absolute atomic E-state index is 0.133. The fourth-order valence-electron chi connectivity index (χ4n) is 3.21. The molecule has 1 fully saturated rings. The van der Waals surface area contributed by atoms with E-state index in [0.717, 1.165) is 17.4 Å². The van der Waals surface area contributed by atoms with Crippen molar-refractivity contribution < 1.29 is 9.53 Å². The number of amides is 1. The summed E-state index contributed by atoms with van der Waals surface area (Å²) in [4.78, 5) is 24.4. The molecule has 0 bridgehead atoms. The van der Waals surface area contributed by atoms with Crippen LogP contribution in [0.4, 0.5) is 16.4 Å². The molecule has 0 aliphatic carbocycles. The third-order valence-electron chi connectivity index (χ3n) is 4.58. The molecule has 0 atom stereocenters. The highest BCUT2D eigenvalue weighted by atomic mass is 79.9. The topological polar surface area (TPSA) is 102 Å². The minimum atomic E-state index is -0.487. The van der Waals surface area contributed by atoms with Crippen molar-refractivity contribution in [3.63, 3.8) is 0 Å². The summed E-state index contributed by atoms with van der Waals surface area (Å²) >= 11 is 3.45. The number of aromatic nitrogens is 6. The number of nitrogens with one attached hydrogen (secondary N) is 1. The van der Waals surface area contributed by atoms with Crippen molar-refractivity contribution in [2.45, 2.75) is 45.3 Å². The molecule has 10 nitrogen and oxygen atoms in total. The lowest BCUT2D eigenvalue weighted by molar-refractivity contribution is 0.0180. The molecule has 0 spiro atoms. The summed E-state index contributed by atoms with van der Waals surface area (Å²) in [5, 5.41) is 12.1. The highest BCUT2D eigenvalue weighted by Crippen LogP contribution is 2.25. The van der Waals surface area contributed by atoms with Crippen LogP contribution in [0.2, 0.25) is 0 Å². The molecule has 0 unspecified atom stereocenters. The minimum Gasteiger partial charge on any atom is -0.444 e. The summed E-state index contributed by atoms with van der Waals surface area (Å²) in [5.41, 5.74) is 0.207. The number of halogens is 1. The van der Waals surface area contributed by atoms with Crippen LogP contribution in [0.3, 0.4) is 0 Å². The quantitative estimate of drug-likeness (QED) is 0.635. The predicted octanol–water partition coefficient (Wildman–Crippen LogP) is 3.40. The van der Waals surface area contributed by atoms with E-state index in [0.29, 0.717) is 30.4 Å². The lowest BCUT2D eigenvalue weighted by Crippen LogP contribution is -2.42. The Morgan fingerprint density at radius 2 is 2.00 bits per heavy atom. The van der Waals surface area contributed by atoms with Gasteiger partial charge in [-0.25, -0.2) is 14.8 Å². The first kappa shape index (κ1) is 19.6. The summed E-state index contributed by atoms with van der Waals surface area (Å²) < 4.78 is 8.14. The molecule has 0 aromatic carbocycles. The SMILES string of the molecule is CC(C)(C)OC(=O)N1CCC(n2ncc(Nc3ncc(Br)n4ccnc34)n2)CC1. The Kier molecular flexibility index (Phi) is 5.15. The van der Waals surface area contributed by atoms with Gasteiger partial charge < -0.3 is 15.0 Å². The maximum atomic E-state index is 12.2. The number of anilines is 2. The second kappa shape index (κ2) is 7.62. The van der Waals surface area contributed by atoms with Gasteiger partial charge in [-0.3, -0.25) is 4.40 Å². The van der Waals surface area contributed by atoms with Crippen LogP contribution in [-0.4, -0.2) is 59.0 Å². The smallest absolute Gasteiger partial charge is 0.410 e. The van der Waals surface area contributed by atoms with Gasteiger partial charge in [0.15, 0.2) is 17.3 Å². The summed E-state index contributed by atoms with van der Waals surface area (Å²) in [6.07, 6.45) is 8.21. The molecular formula is C18H23BrN8O2. The number of carbonyl (C=O) groups excluding carboxylic acids is 1. The number of ether oxygens (including phenoxy) is 1. The first-order valence-electron chi connectivity index (χ1n) is 9.44. The van der Waals surface area contributed by atoms with Crippen LogP contribution >= 0.6 is 15.9 Å². The lowest BCUT2D eigenvalue weighted by atomic mass is 10.1. The maximum absolute atomic E-state index is 12.2. The van der Waals surface area contributed by atoms with Gasteiger partial charge in [0.1, 0.15) is 10.2 Å². The number of fused-ring (bicyclic) bond motifs is 1. The zero-order valence-electron chi connectivity index (χ0n) is 16.5. The fraction of sp³-hybridized carbons (Fsp3) is 0.500. The summed E-state index contributed by atoms with van der Waals surface area (Å²) in [7, 11) is 0. The van der Waals surface area contributed by atoms with Crippen LogP contribution in [0.25, 0.3) is 5.65 Å². The van der Waals surface area contributed by atoms with Crippen LogP contribution in [0.15, 0.2) is 29.4 Å². The number of imidazole rings is 1. The number of hydrogen-bond acceptors (Lipinski definition) is 7. The average Bonchev–Trinajstić information content (AvgIpc) is 3.33. The highest BCUT2D eigenvalue weighted by Gasteiger charge is 2.28. The van der Waals surface area contributed by atoms with Gasteiger partial charge in [0.05, 0.1) is 18.4 Å². The van der Waals surface area contributed by atoms with E-state index in [4.69, 9.17) is 4.74 Å². The molecule has 0 radical (unpaired) electrons. The second-order valence-corrected chi connectivity index (χ2v) is 8.74. The Morgan fingerprint density at radius 1 is 1.24 bits per heavy atom. The Hall–Kier alpha value is -2.69. The van der Waals surface area contributed by atoms with E-state index in [1.54, 1.807) is 28.3 Å². The van der Waals surface area contributed by atoms with E-state index in [2.05, 4.69) is 41.4 Å². The van der Waals surface area contributed by atoms with Crippen molar-refractivity contribution in [3.05, 3.63) is 29.4 Å². The van der Waals surface area contributed by atoms with Crippen molar-refractivity contribution in [1.82, 2.24) is 34.3 Å². The number of hydrogen-bond donors (Lipinski definition) is 1. The number of nitrogens with zero attached hydrogens (tertiary/aromatic N) is 7. The zero-order valence-corrected chi connectivity index (χ0v) is 18.1. The van der Waals surface area contributed by atoms with Crippen LogP contribution in [-0.2, 0) is 4.74 Å². The van der Waals surface area contributed by atoms with E-state index in [9.17, 15) is 4.79 Å². The summed E-state index contributed by atoms with van der Waals surface area (Å²) in [6.45, 7) is 6.85. The van der Waals surface area contributed by atoms with Gasteiger partial charge in [-0.05, 0) is 49.5 Å². The van der Waals surface area contributed by atoms with Gasteiger partial charge in [-0.15, -0.1) is 5.10 Å². The number of rotatable bonds is 3. The molecule has 4 heterocycles. The third kappa shape index (κ3) is 4.34. The van der Waals surface area contributed by atoms with E-state index in [-0.39, 0.29) is 12.1 Å². The van der Waals surface area contributed by atoms with Crippen molar-refractivity contribution in [3.8, 4) is 0 Å². The molecule has 29 heavy (non-hydrogen) atoms. The number of likely N-dealkylation sites (tertiary alicyclic amines) is 1. The maximum Gasteiger partial charge on any atom is 0.410 e. The van der Waals surface area contributed by atoms with E-state index in [1.165, 1.54) is 0 Å². The Morgan fingerprint density at radius 3 is 2.72 bits per heavy atom. The van der Waals surface area contributed by atoms with Crippen LogP contribution in [0.5, 0.6) is 0 Å². The van der Waals surface area contributed by atoms with Crippen molar-refractivity contribution in [2.24, 2.45) is 0 Å². The first-order valence-corrected chi connectivity index (χ1v) is 10.2. The molecular weight excluding hydrogens is 440 g/mol. The normalized spacial score (nSPS) is 15.7. The van der Waals surface area contributed by atoms with Gasteiger partial charge in [0.2, 0.25) is 0 Å². The molecule has 1 amide bonds. The van der Waals surface area contributed by atoms with Crippen molar-refractivity contribution >= 4 is 39.3 Å². The van der Waals surface area contributed by atoms with Gasteiger partial charge >= 0.3 is 6.09 Å². The molecule has 3 aromatic rings. The second-order valence-electron chi connectivity index (χ2n) is 7.92. The van der Waals surface area contributed by atoms with E-state index < -0.39 is 5.60 Å². The molecule has 1 N–H and O–H groups in total. The van der Waals surface area contributed by atoms with Gasteiger partial charge in [0, 0.05) is 25.5 Å². The van der Waals surface area contributed by atoms with Gasteiger partial charge in [-0.1, -0.05) is 0 Å². The predicted molar refractivity (Wildman–Crippen MR) is 110 cm³/mol. The largest absolute Gasteiger partial charge is 0.444 e. The molecule has 1 aliphatic heterocycles. The van der Waals surface area contributed by atoms with E-state index in [1.807, 2.05) is 31.4 Å². The molecule has 154 valence electrons. The summed E-state index contributed by atoms with van der Waals surface area (Å²) in [5.74, 6) is 1.20. The molecule has 1 aliphatic rings.